The van der Waals surface area contributed by atoms with Crippen LogP contribution in [0.3, 0.4) is 0 Å². The van der Waals surface area contributed by atoms with Crippen LogP contribution in [0.1, 0.15) is 0 Å². The van der Waals surface area contributed by atoms with Crippen LogP contribution in [0.4, 0.5) is 4.39 Å². The van der Waals surface area contributed by atoms with Crippen LogP contribution in [0.15, 0.2) is 75.8 Å². The molecule has 0 saturated heterocycles. The fourth-order valence-electron chi connectivity index (χ4n) is 2.42. The predicted molar refractivity (Wildman–Crippen MR) is 109 cm³/mol. The maximum absolute atomic E-state index is 13.7. The van der Waals surface area contributed by atoms with E-state index in [4.69, 9.17) is 23.3 Å². The van der Waals surface area contributed by atoms with Crippen LogP contribution in [0.2, 0.25) is 0 Å². The SMILES string of the molecule is COCOc1cc(-c2ccccc2)on1.COCOc1noc(-c2ccccc2)c1F. The molecule has 8 nitrogen and oxygen atoms in total. The highest BCUT2D eigenvalue weighted by Crippen LogP contribution is 2.28. The number of hydrogen-bond acceptors (Lipinski definition) is 8. The molecule has 0 fully saturated rings. The van der Waals surface area contributed by atoms with Gasteiger partial charge in [0.05, 0.1) is 0 Å². The summed E-state index contributed by atoms with van der Waals surface area (Å²) < 4.78 is 43.1. The molecule has 0 saturated carbocycles. The zero-order valence-electron chi connectivity index (χ0n) is 17.0. The molecule has 0 atom stereocenters. The van der Waals surface area contributed by atoms with Crippen molar-refractivity contribution in [3.05, 3.63) is 72.5 Å². The standard InChI is InChI=1S/C11H10FNO3.C11H11NO3/c1-14-7-15-11-9(12)10(16-13-11)8-5-3-2-4-6-8;1-13-8-14-11-7-10(15-12-11)9-5-3-2-4-6-9/h2-6H,7H2,1H3;2-7H,8H2,1H3. The first-order valence-electron chi connectivity index (χ1n) is 9.19. The van der Waals surface area contributed by atoms with E-state index in [-0.39, 0.29) is 25.2 Å². The molecule has 0 bridgehead atoms. The van der Waals surface area contributed by atoms with Crippen molar-refractivity contribution in [1.29, 1.82) is 0 Å². The van der Waals surface area contributed by atoms with Crippen LogP contribution in [0.25, 0.3) is 22.6 Å². The molecule has 0 amide bonds. The molecule has 0 N–H and O–H groups in total. The lowest BCUT2D eigenvalue weighted by molar-refractivity contribution is 0.0429. The summed E-state index contributed by atoms with van der Waals surface area (Å²) in [6, 6.07) is 20.3. The van der Waals surface area contributed by atoms with E-state index in [0.29, 0.717) is 17.2 Å². The van der Waals surface area contributed by atoms with Gasteiger partial charge in [-0.3, -0.25) is 0 Å². The summed E-state index contributed by atoms with van der Waals surface area (Å²) in [6.07, 6.45) is 0. The quantitative estimate of drug-likeness (QED) is 0.370. The van der Waals surface area contributed by atoms with Crippen molar-refractivity contribution in [3.63, 3.8) is 0 Å². The van der Waals surface area contributed by atoms with Gasteiger partial charge in [0.1, 0.15) is 0 Å². The number of nitrogens with zero attached hydrogens (tertiary/aromatic N) is 2. The average Bonchev–Trinajstić information content (AvgIpc) is 3.45. The Bertz CT molecular complexity index is 1040. The number of benzene rings is 2. The molecule has 2 aromatic heterocycles. The first-order valence-corrected chi connectivity index (χ1v) is 9.19. The third-order valence-electron chi connectivity index (χ3n) is 3.83. The van der Waals surface area contributed by atoms with Gasteiger partial charge in [0.2, 0.25) is 11.6 Å². The highest BCUT2D eigenvalue weighted by molar-refractivity contribution is 5.59. The lowest BCUT2D eigenvalue weighted by Crippen LogP contribution is -2.00. The molecule has 0 unspecified atom stereocenters. The Morgan fingerprint density at radius 1 is 0.774 bits per heavy atom. The molecule has 4 rings (SSSR count). The normalized spacial score (nSPS) is 10.3. The molecule has 9 heteroatoms. The van der Waals surface area contributed by atoms with E-state index in [1.165, 1.54) is 7.11 Å². The molecule has 0 spiro atoms. The Balaban J connectivity index is 0.000000176. The Morgan fingerprint density at radius 2 is 1.39 bits per heavy atom. The van der Waals surface area contributed by atoms with E-state index >= 15 is 0 Å². The van der Waals surface area contributed by atoms with Gasteiger partial charge in [-0.15, -0.1) is 0 Å². The second kappa shape index (κ2) is 11.5. The van der Waals surface area contributed by atoms with Crippen LogP contribution in [-0.4, -0.2) is 38.1 Å². The fourth-order valence-corrected chi connectivity index (χ4v) is 2.42. The van der Waals surface area contributed by atoms with Gasteiger partial charge in [0, 0.05) is 31.4 Å². The van der Waals surface area contributed by atoms with Crippen LogP contribution >= 0.6 is 0 Å². The third kappa shape index (κ3) is 6.14. The van der Waals surface area contributed by atoms with Crippen LogP contribution in [-0.2, 0) is 9.47 Å². The monoisotopic (exact) mass is 428 g/mol. The summed E-state index contributed by atoms with van der Waals surface area (Å²) in [7, 11) is 2.99. The molecule has 4 aromatic rings. The van der Waals surface area contributed by atoms with Gasteiger partial charge in [-0.25, -0.2) is 0 Å². The second-order valence-electron chi connectivity index (χ2n) is 5.99. The van der Waals surface area contributed by atoms with Gasteiger partial charge >= 0.3 is 0 Å². The number of halogens is 1. The first kappa shape index (κ1) is 22.0. The summed E-state index contributed by atoms with van der Waals surface area (Å²) in [5, 5.41) is 7.23. The van der Waals surface area contributed by atoms with Crippen molar-refractivity contribution in [3.8, 4) is 34.4 Å². The summed E-state index contributed by atoms with van der Waals surface area (Å²) >= 11 is 0. The minimum Gasteiger partial charge on any atom is -0.448 e. The van der Waals surface area contributed by atoms with Gasteiger partial charge < -0.3 is 28.0 Å². The lowest BCUT2D eigenvalue weighted by Gasteiger charge is -1.98. The highest BCUT2D eigenvalue weighted by atomic mass is 19.1. The number of rotatable bonds is 8. The molecular formula is C22H21FN2O6. The Labute approximate surface area is 178 Å². The molecule has 0 aliphatic carbocycles. The molecule has 162 valence electrons. The van der Waals surface area contributed by atoms with Crippen molar-refractivity contribution in [1.82, 2.24) is 10.3 Å². The van der Waals surface area contributed by atoms with Crippen LogP contribution in [0, 0.1) is 5.82 Å². The van der Waals surface area contributed by atoms with E-state index in [0.717, 1.165) is 5.56 Å². The molecule has 0 aliphatic rings. The summed E-state index contributed by atoms with van der Waals surface area (Å²) in [5.41, 5.74) is 1.58. The van der Waals surface area contributed by atoms with Crippen molar-refractivity contribution in [2.45, 2.75) is 0 Å². The smallest absolute Gasteiger partial charge is 0.293 e. The number of hydrogen-bond donors (Lipinski definition) is 0. The average molecular weight is 428 g/mol. The summed E-state index contributed by atoms with van der Waals surface area (Å²) in [5.74, 6) is 0.355. The van der Waals surface area contributed by atoms with E-state index in [9.17, 15) is 4.39 Å². The Morgan fingerprint density at radius 3 is 2.03 bits per heavy atom. The third-order valence-corrected chi connectivity index (χ3v) is 3.83. The van der Waals surface area contributed by atoms with Crippen LogP contribution < -0.4 is 9.47 Å². The lowest BCUT2D eigenvalue weighted by atomic mass is 10.2. The minimum atomic E-state index is -0.622. The maximum atomic E-state index is 13.7. The molecule has 2 heterocycles. The molecular weight excluding hydrogens is 407 g/mol. The largest absolute Gasteiger partial charge is 0.448 e. The first-order chi connectivity index (χ1) is 15.2. The predicted octanol–water partition coefficient (Wildman–Crippen LogP) is 4.79. The van der Waals surface area contributed by atoms with Crippen molar-refractivity contribution < 1.29 is 32.4 Å². The van der Waals surface area contributed by atoms with Crippen molar-refractivity contribution >= 4 is 0 Å². The molecule has 0 radical (unpaired) electrons. The van der Waals surface area contributed by atoms with Gasteiger partial charge in [-0.2, -0.15) is 4.39 Å². The van der Waals surface area contributed by atoms with E-state index in [2.05, 4.69) is 15.1 Å². The topological polar surface area (TPSA) is 89.0 Å². The van der Waals surface area contributed by atoms with E-state index in [1.807, 2.05) is 36.4 Å². The van der Waals surface area contributed by atoms with Crippen LogP contribution in [0.5, 0.6) is 11.8 Å². The molecule has 2 aromatic carbocycles. The number of methoxy groups -OCH3 is 2. The zero-order chi connectivity index (χ0) is 21.9. The minimum absolute atomic E-state index is 0.0618. The number of ether oxygens (including phenoxy) is 4. The molecule has 31 heavy (non-hydrogen) atoms. The molecule has 0 aliphatic heterocycles. The van der Waals surface area contributed by atoms with Gasteiger partial charge in [0.25, 0.3) is 11.8 Å². The number of aromatic nitrogens is 2. The zero-order valence-corrected chi connectivity index (χ0v) is 17.0. The maximum Gasteiger partial charge on any atom is 0.293 e. The van der Waals surface area contributed by atoms with Crippen molar-refractivity contribution in [2.24, 2.45) is 0 Å². The summed E-state index contributed by atoms with van der Waals surface area (Å²) in [4.78, 5) is 0. The van der Waals surface area contributed by atoms with E-state index < -0.39 is 5.82 Å². The fraction of sp³-hybridized carbons (Fsp3) is 0.182. The summed E-state index contributed by atoms with van der Waals surface area (Å²) in [6.45, 7) is 0.0957. The second-order valence-corrected chi connectivity index (χ2v) is 5.99. The van der Waals surface area contributed by atoms with Gasteiger partial charge in [0.15, 0.2) is 19.3 Å². The van der Waals surface area contributed by atoms with Crippen molar-refractivity contribution in [2.75, 3.05) is 27.8 Å². The Kier molecular flexibility index (Phi) is 8.15. The van der Waals surface area contributed by atoms with Gasteiger partial charge in [-0.05, 0) is 10.3 Å². The van der Waals surface area contributed by atoms with Gasteiger partial charge in [-0.1, -0.05) is 60.7 Å². The Hall–Kier alpha value is -3.69. The van der Waals surface area contributed by atoms with E-state index in [1.54, 1.807) is 37.4 Å². The highest BCUT2D eigenvalue weighted by Gasteiger charge is 2.18.